The molecule has 3 amide bonds. The van der Waals surface area contributed by atoms with Crippen LogP contribution >= 0.6 is 11.8 Å². The van der Waals surface area contributed by atoms with Crippen molar-refractivity contribution in [2.45, 2.75) is 30.0 Å². The van der Waals surface area contributed by atoms with E-state index in [4.69, 9.17) is 0 Å². The van der Waals surface area contributed by atoms with Crippen LogP contribution in [0.3, 0.4) is 0 Å². The Labute approximate surface area is 146 Å². The average molecular weight is 362 g/mol. The van der Waals surface area contributed by atoms with Gasteiger partial charge in [-0.15, -0.1) is 11.8 Å². The minimum Gasteiger partial charge on any atom is -0.480 e. The molecule has 9 heteroatoms. The second kappa shape index (κ2) is 5.06. The number of carboxylic acids is 1. The molecule has 0 spiro atoms. The molecule has 130 valence electrons. The first kappa shape index (κ1) is 16.1. The zero-order valence-electron chi connectivity index (χ0n) is 13.1. The second-order valence-corrected chi connectivity index (χ2v) is 7.62. The number of hydrogen-bond donors (Lipinski definition) is 2. The molecule has 0 radical (unpaired) electrons. The van der Waals surface area contributed by atoms with Gasteiger partial charge in [-0.25, -0.2) is 4.79 Å². The number of amides is 3. The standard InChI is InChI=1S/C16H14N2O6S/c1-16(24)6-25-14-9(13(21)18(14)10(16)15(22)23)17-11(19)7-4-2-3-5-8(7)12(17)20/h2-5,9-10,14,24H,6H2,1H3,(H,22,23)/t9?,10?,14-,16-/m1/s1. The van der Waals surface area contributed by atoms with Crippen LogP contribution in [0, 0.1) is 0 Å². The second-order valence-electron chi connectivity index (χ2n) is 6.52. The number of benzene rings is 1. The molecule has 2 fully saturated rings. The van der Waals surface area contributed by atoms with Gasteiger partial charge in [-0.2, -0.15) is 0 Å². The Hall–Kier alpha value is -2.39. The fourth-order valence-electron chi connectivity index (χ4n) is 3.63. The van der Waals surface area contributed by atoms with E-state index in [1.54, 1.807) is 12.1 Å². The highest BCUT2D eigenvalue weighted by Crippen LogP contribution is 2.45. The number of fused-ring (bicyclic) bond motifs is 2. The molecule has 1 aromatic rings. The molecule has 3 aliphatic heterocycles. The van der Waals surface area contributed by atoms with Crippen molar-refractivity contribution in [3.8, 4) is 0 Å². The zero-order valence-corrected chi connectivity index (χ0v) is 13.9. The number of carbonyl (C=O) groups excluding carboxylic acids is 3. The summed E-state index contributed by atoms with van der Waals surface area (Å²) in [5.41, 5.74) is -1.11. The lowest BCUT2D eigenvalue weighted by molar-refractivity contribution is -0.176. The van der Waals surface area contributed by atoms with Gasteiger partial charge in [-0.05, 0) is 19.1 Å². The third-order valence-corrected chi connectivity index (χ3v) is 6.38. The first-order valence-electron chi connectivity index (χ1n) is 7.61. The van der Waals surface area contributed by atoms with E-state index in [0.29, 0.717) is 0 Å². The van der Waals surface area contributed by atoms with Gasteiger partial charge in [0.15, 0.2) is 6.04 Å². The molecule has 0 aliphatic carbocycles. The SMILES string of the molecule is C[C@@]1(O)CS[C@@H]2C(N3C(=O)c4ccccc4C3=O)C(=O)N2C1C(=O)O. The maximum absolute atomic E-state index is 12.6. The van der Waals surface area contributed by atoms with E-state index in [1.807, 2.05) is 0 Å². The summed E-state index contributed by atoms with van der Waals surface area (Å²) in [5.74, 6) is -2.98. The normalized spacial score (nSPS) is 33.8. The molecular weight excluding hydrogens is 348 g/mol. The number of nitrogens with zero attached hydrogens (tertiary/aromatic N) is 2. The first-order chi connectivity index (χ1) is 11.8. The van der Waals surface area contributed by atoms with Crippen molar-refractivity contribution in [2.75, 3.05) is 5.75 Å². The summed E-state index contributed by atoms with van der Waals surface area (Å²) >= 11 is 1.17. The molecular formula is C16H14N2O6S. The number of imide groups is 1. The Morgan fingerprint density at radius 3 is 2.28 bits per heavy atom. The molecule has 2 saturated heterocycles. The van der Waals surface area contributed by atoms with Crippen molar-refractivity contribution in [1.82, 2.24) is 9.80 Å². The lowest BCUT2D eigenvalue weighted by atomic mass is 9.91. The highest BCUT2D eigenvalue weighted by molar-refractivity contribution is 8.00. The van der Waals surface area contributed by atoms with E-state index in [2.05, 4.69) is 0 Å². The number of hydrogen-bond acceptors (Lipinski definition) is 6. The van der Waals surface area contributed by atoms with Crippen LogP contribution in [-0.2, 0) is 9.59 Å². The van der Waals surface area contributed by atoms with Gasteiger partial charge in [0.25, 0.3) is 17.7 Å². The van der Waals surface area contributed by atoms with E-state index in [9.17, 15) is 29.4 Å². The molecule has 0 bridgehead atoms. The number of β-lactam (4-membered cyclic amide) rings is 1. The zero-order chi connectivity index (χ0) is 18.1. The average Bonchev–Trinajstić information content (AvgIpc) is 2.80. The van der Waals surface area contributed by atoms with Crippen molar-refractivity contribution in [3.63, 3.8) is 0 Å². The van der Waals surface area contributed by atoms with Crippen LogP contribution in [0.5, 0.6) is 0 Å². The van der Waals surface area contributed by atoms with E-state index in [-0.39, 0.29) is 16.9 Å². The summed E-state index contributed by atoms with van der Waals surface area (Å²) in [5, 5.41) is 19.0. The first-order valence-corrected chi connectivity index (χ1v) is 8.66. The summed E-state index contributed by atoms with van der Waals surface area (Å²) in [6, 6.07) is 3.86. The van der Waals surface area contributed by atoms with Gasteiger partial charge in [0.05, 0.1) is 11.1 Å². The lowest BCUT2D eigenvalue weighted by Crippen LogP contribution is -2.79. The van der Waals surface area contributed by atoms with Crippen molar-refractivity contribution in [3.05, 3.63) is 35.4 Å². The van der Waals surface area contributed by atoms with Crippen LogP contribution in [0.1, 0.15) is 27.6 Å². The minimum absolute atomic E-state index is 0.0814. The Morgan fingerprint density at radius 2 is 1.76 bits per heavy atom. The molecule has 4 atom stereocenters. The van der Waals surface area contributed by atoms with E-state index < -0.39 is 46.7 Å². The highest BCUT2D eigenvalue weighted by atomic mass is 32.2. The van der Waals surface area contributed by atoms with Gasteiger partial charge in [0.2, 0.25) is 0 Å². The largest absolute Gasteiger partial charge is 0.480 e. The molecule has 0 saturated carbocycles. The summed E-state index contributed by atoms with van der Waals surface area (Å²) < 4.78 is 0. The molecule has 0 aromatic heterocycles. The number of aliphatic carboxylic acids is 1. The van der Waals surface area contributed by atoms with Gasteiger partial charge in [-0.3, -0.25) is 19.3 Å². The van der Waals surface area contributed by atoms with Crippen molar-refractivity contribution in [2.24, 2.45) is 0 Å². The number of carbonyl (C=O) groups is 4. The highest BCUT2D eigenvalue weighted by Gasteiger charge is 2.64. The minimum atomic E-state index is -1.59. The summed E-state index contributed by atoms with van der Waals surface area (Å²) in [7, 11) is 0. The van der Waals surface area contributed by atoms with Crippen molar-refractivity contribution < 1.29 is 29.4 Å². The topological polar surface area (TPSA) is 115 Å². The van der Waals surface area contributed by atoms with E-state index >= 15 is 0 Å². The Morgan fingerprint density at radius 1 is 1.20 bits per heavy atom. The Bertz CT molecular complexity index is 803. The summed E-state index contributed by atoms with van der Waals surface area (Å²) in [6.45, 7) is 1.36. The third kappa shape index (κ3) is 1.99. The fourth-order valence-corrected chi connectivity index (χ4v) is 5.10. The van der Waals surface area contributed by atoms with Crippen LogP contribution in [-0.4, -0.2) is 72.5 Å². The molecule has 2 unspecified atom stereocenters. The number of aliphatic hydroxyl groups is 1. The van der Waals surface area contributed by atoms with Crippen molar-refractivity contribution >= 4 is 35.5 Å². The molecule has 2 N–H and O–H groups in total. The quantitative estimate of drug-likeness (QED) is 0.552. The molecule has 1 aromatic carbocycles. The smallest absolute Gasteiger partial charge is 0.329 e. The Balaban J connectivity index is 1.67. The van der Waals surface area contributed by atoms with E-state index in [1.165, 1.54) is 30.8 Å². The Kier molecular flexibility index (Phi) is 3.26. The third-order valence-electron chi connectivity index (χ3n) is 4.80. The predicted octanol–water partition coefficient (Wildman–Crippen LogP) is -0.229. The maximum atomic E-state index is 12.6. The summed E-state index contributed by atoms with van der Waals surface area (Å²) in [4.78, 5) is 51.3. The van der Waals surface area contributed by atoms with Crippen LogP contribution in [0.2, 0.25) is 0 Å². The molecule has 3 aliphatic rings. The lowest BCUT2D eigenvalue weighted by Gasteiger charge is -2.57. The van der Waals surface area contributed by atoms with Crippen LogP contribution in [0.15, 0.2) is 24.3 Å². The van der Waals surface area contributed by atoms with Gasteiger partial charge in [-0.1, -0.05) is 12.1 Å². The maximum Gasteiger partial charge on any atom is 0.329 e. The molecule has 4 rings (SSSR count). The van der Waals surface area contributed by atoms with Crippen LogP contribution in [0.25, 0.3) is 0 Å². The fraction of sp³-hybridized carbons (Fsp3) is 0.375. The van der Waals surface area contributed by atoms with Gasteiger partial charge in [0.1, 0.15) is 17.0 Å². The monoisotopic (exact) mass is 362 g/mol. The van der Waals surface area contributed by atoms with Crippen molar-refractivity contribution in [1.29, 1.82) is 0 Å². The van der Waals surface area contributed by atoms with Gasteiger partial charge in [0, 0.05) is 5.75 Å². The molecule has 3 heterocycles. The van der Waals surface area contributed by atoms with Crippen LogP contribution in [0.4, 0.5) is 0 Å². The van der Waals surface area contributed by atoms with Gasteiger partial charge >= 0.3 is 5.97 Å². The molecule has 8 nitrogen and oxygen atoms in total. The van der Waals surface area contributed by atoms with Crippen LogP contribution < -0.4 is 0 Å². The number of thioether (sulfide) groups is 1. The number of carboxylic acid groups (broad SMARTS) is 1. The molecule has 25 heavy (non-hydrogen) atoms. The number of rotatable bonds is 2. The van der Waals surface area contributed by atoms with E-state index in [0.717, 1.165) is 9.80 Å². The van der Waals surface area contributed by atoms with Gasteiger partial charge < -0.3 is 15.1 Å². The predicted molar refractivity (Wildman–Crippen MR) is 85.9 cm³/mol. The summed E-state index contributed by atoms with van der Waals surface area (Å²) in [6.07, 6.45) is 0.